The van der Waals surface area contributed by atoms with E-state index < -0.39 is 0 Å². The zero-order valence-electron chi connectivity index (χ0n) is 22.4. The second kappa shape index (κ2) is 18.6. The van der Waals surface area contributed by atoms with E-state index in [1.54, 1.807) is 37.2 Å². The summed E-state index contributed by atoms with van der Waals surface area (Å²) in [5, 5.41) is 9.29. The molecule has 0 radical (unpaired) electrons. The second-order valence-corrected chi connectivity index (χ2v) is 10.0. The maximum atomic E-state index is 5.18. The summed E-state index contributed by atoms with van der Waals surface area (Å²) in [6, 6.07) is 0.724. The maximum absolute atomic E-state index is 5.18. The van der Waals surface area contributed by atoms with Gasteiger partial charge < -0.3 is 25.3 Å². The number of nitrogens with zero attached hydrogens (tertiary/aromatic N) is 8. The fraction of sp³-hybridized carbons (Fsp3) is 0.538. The molecule has 2 aromatic heterocycles. The molecule has 0 bridgehead atoms. The summed E-state index contributed by atoms with van der Waals surface area (Å²) in [5.41, 5.74) is 8.58. The quantitative estimate of drug-likeness (QED) is 0.165. The molecule has 2 aliphatic carbocycles. The molecule has 0 atom stereocenters. The van der Waals surface area contributed by atoms with Crippen LogP contribution in [-0.2, 0) is 41.7 Å². The van der Waals surface area contributed by atoms with E-state index in [-0.39, 0.29) is 16.5 Å². The molecule has 0 saturated heterocycles. The van der Waals surface area contributed by atoms with Crippen molar-refractivity contribution in [3.8, 4) is 0 Å². The number of amidine groups is 2. The molecule has 2 heterocycles. The van der Waals surface area contributed by atoms with E-state index in [0.717, 1.165) is 48.5 Å². The van der Waals surface area contributed by atoms with E-state index in [4.69, 9.17) is 25.3 Å². The fourth-order valence-corrected chi connectivity index (χ4v) is 4.55. The summed E-state index contributed by atoms with van der Waals surface area (Å²) < 4.78 is 0. The Bertz CT molecular complexity index is 997. The number of aliphatic imine (C=N–C) groups is 2. The monoisotopic (exact) mass is 610 g/mol. The third-order valence-electron chi connectivity index (χ3n) is 6.26. The zero-order chi connectivity index (χ0) is 27.0. The molecular formula is C26H36N10NiS2. The van der Waals surface area contributed by atoms with E-state index >= 15 is 0 Å². The van der Waals surface area contributed by atoms with Gasteiger partial charge in [0.05, 0.1) is 23.8 Å². The van der Waals surface area contributed by atoms with Gasteiger partial charge in [0, 0.05) is 36.9 Å². The van der Waals surface area contributed by atoms with E-state index in [2.05, 4.69) is 51.0 Å². The first-order chi connectivity index (χ1) is 18.5. The van der Waals surface area contributed by atoms with Crippen LogP contribution in [0.1, 0.15) is 89.4 Å². The van der Waals surface area contributed by atoms with Crippen molar-refractivity contribution in [1.82, 2.24) is 30.8 Å². The molecule has 0 spiro atoms. The molecule has 2 N–H and O–H groups in total. The second-order valence-electron chi connectivity index (χ2n) is 9.25. The third-order valence-corrected chi connectivity index (χ3v) is 6.65. The van der Waals surface area contributed by atoms with Crippen molar-refractivity contribution in [2.45, 2.75) is 90.1 Å². The standard InChI is InChI=1S/2C13H19N5S.Ni/c2*1-10(12-9-14-7-8-15-12)17-18-13(19)16-11-5-3-2-4-6-11;/h2*7-9,11H,2-6H2,1H3,(H2,16,18,19);/q;;+2/p-2/b2*17-10+;. The van der Waals surface area contributed by atoms with Gasteiger partial charge >= 0.3 is 16.5 Å². The average Bonchev–Trinajstić information content (AvgIpc) is 2.97. The first kappa shape index (κ1) is 32.6. The number of aromatic nitrogens is 4. The minimum absolute atomic E-state index is 0. The Morgan fingerprint density at radius 1 is 0.667 bits per heavy atom. The maximum Gasteiger partial charge on any atom is 2.00 e. The largest absolute Gasteiger partial charge is 2.00 e. The van der Waals surface area contributed by atoms with Crippen LogP contribution >= 0.6 is 0 Å². The Kier molecular flexibility index (Phi) is 15.6. The van der Waals surface area contributed by atoms with Crippen LogP contribution < -0.4 is 10.9 Å². The van der Waals surface area contributed by atoms with Gasteiger partial charge in [-0.1, -0.05) is 38.5 Å². The van der Waals surface area contributed by atoms with Crippen LogP contribution in [0.3, 0.4) is 0 Å². The average molecular weight is 611 g/mol. The van der Waals surface area contributed by atoms with Gasteiger partial charge in [0.15, 0.2) is 0 Å². The topological polar surface area (TPSA) is 125 Å². The molecule has 13 heteroatoms. The smallest absolute Gasteiger partial charge is 0.741 e. The molecule has 39 heavy (non-hydrogen) atoms. The summed E-state index contributed by atoms with van der Waals surface area (Å²) in [6.07, 6.45) is 22.0. The zero-order valence-corrected chi connectivity index (χ0v) is 25.0. The number of hydrogen-bond acceptors (Lipinski definition) is 10. The molecule has 10 nitrogen and oxygen atoms in total. The summed E-state index contributed by atoms with van der Waals surface area (Å²) in [7, 11) is 0. The first-order valence-electron chi connectivity index (χ1n) is 13.1. The number of nitrogens with one attached hydrogen (secondary N) is 2. The number of hydrazone groups is 2. The van der Waals surface area contributed by atoms with Crippen LogP contribution in [0.2, 0.25) is 0 Å². The SMILES string of the molecule is C/C(=N\NC([S-])=NC1CCCCC1)c1cnccn1.C/C(=N\NC([S-])=NC1CCCCC1)c1cnccn1.[Ni+2]. The molecule has 0 aromatic carbocycles. The van der Waals surface area contributed by atoms with E-state index in [9.17, 15) is 0 Å². The molecule has 2 fully saturated rings. The fourth-order valence-electron chi connectivity index (χ4n) is 4.16. The van der Waals surface area contributed by atoms with Crippen molar-refractivity contribution in [3.63, 3.8) is 0 Å². The van der Waals surface area contributed by atoms with E-state index in [1.165, 1.54) is 38.5 Å². The Labute approximate surface area is 252 Å². The van der Waals surface area contributed by atoms with Crippen molar-refractivity contribution >= 4 is 47.0 Å². The van der Waals surface area contributed by atoms with Gasteiger partial charge in [-0.05, 0) is 49.9 Å². The van der Waals surface area contributed by atoms with Gasteiger partial charge in [-0.25, -0.2) is 0 Å². The first-order valence-corrected chi connectivity index (χ1v) is 14.0. The molecular weight excluding hydrogens is 575 g/mol. The third kappa shape index (κ3) is 12.8. The molecule has 2 aliphatic rings. The summed E-state index contributed by atoms with van der Waals surface area (Å²) in [4.78, 5) is 25.3. The number of rotatable bonds is 6. The predicted molar refractivity (Wildman–Crippen MR) is 158 cm³/mol. The molecule has 0 unspecified atom stereocenters. The summed E-state index contributed by atoms with van der Waals surface area (Å²) in [5.74, 6) is 0. The Morgan fingerprint density at radius 3 is 1.38 bits per heavy atom. The van der Waals surface area contributed by atoms with Crippen molar-refractivity contribution in [3.05, 3.63) is 48.6 Å². The van der Waals surface area contributed by atoms with E-state index in [0.29, 0.717) is 22.4 Å². The van der Waals surface area contributed by atoms with Crippen LogP contribution in [0.5, 0.6) is 0 Å². The summed E-state index contributed by atoms with van der Waals surface area (Å²) in [6.45, 7) is 3.72. The normalized spacial score (nSPS) is 17.9. The van der Waals surface area contributed by atoms with Crippen molar-refractivity contribution in [2.75, 3.05) is 0 Å². The van der Waals surface area contributed by atoms with Gasteiger partial charge in [-0.3, -0.25) is 40.8 Å². The number of hydrogen-bond donors (Lipinski definition) is 2. The molecule has 0 aliphatic heterocycles. The molecule has 212 valence electrons. The van der Waals surface area contributed by atoms with Crippen LogP contribution in [0.25, 0.3) is 0 Å². The van der Waals surface area contributed by atoms with Crippen LogP contribution in [0.15, 0.2) is 57.4 Å². The van der Waals surface area contributed by atoms with Gasteiger partial charge in [0.1, 0.15) is 11.4 Å². The van der Waals surface area contributed by atoms with Crippen molar-refractivity contribution in [2.24, 2.45) is 20.2 Å². The van der Waals surface area contributed by atoms with Crippen molar-refractivity contribution < 1.29 is 16.5 Å². The van der Waals surface area contributed by atoms with E-state index in [1.807, 2.05) is 13.8 Å². The van der Waals surface area contributed by atoms with Gasteiger partial charge in [-0.2, -0.15) is 10.2 Å². The van der Waals surface area contributed by atoms with Crippen LogP contribution in [-0.4, -0.2) is 53.8 Å². The Balaban J connectivity index is 0.000000267. The van der Waals surface area contributed by atoms with Gasteiger partial charge in [0.2, 0.25) is 0 Å². The van der Waals surface area contributed by atoms with Gasteiger partial charge in [-0.15, -0.1) is 0 Å². The molecule has 0 amide bonds. The molecule has 2 saturated carbocycles. The Morgan fingerprint density at radius 2 is 1.05 bits per heavy atom. The predicted octanol–water partition coefficient (Wildman–Crippen LogP) is 4.05. The van der Waals surface area contributed by atoms with Crippen LogP contribution in [0.4, 0.5) is 0 Å². The van der Waals surface area contributed by atoms with Crippen molar-refractivity contribution in [1.29, 1.82) is 0 Å². The minimum Gasteiger partial charge on any atom is -0.741 e. The Hall–Kier alpha value is -2.63. The summed E-state index contributed by atoms with van der Waals surface area (Å²) >= 11 is 10.4. The minimum atomic E-state index is 0. The van der Waals surface area contributed by atoms with Crippen LogP contribution in [0, 0.1) is 0 Å². The molecule has 4 rings (SSSR count). The molecule has 2 aromatic rings. The van der Waals surface area contributed by atoms with Gasteiger partial charge in [0.25, 0.3) is 0 Å².